The minimum Gasteiger partial charge on any atom is -0.495 e. The van der Waals surface area contributed by atoms with Gasteiger partial charge in [-0.1, -0.05) is 22.9 Å². The smallest absolute Gasteiger partial charge is 0.340 e. The third-order valence-corrected chi connectivity index (χ3v) is 2.07. The van der Waals surface area contributed by atoms with Crippen LogP contribution >= 0.6 is 22.9 Å². The van der Waals surface area contributed by atoms with Crippen LogP contribution in [0.5, 0.6) is 5.06 Å². The Morgan fingerprint density at radius 1 is 1.80 bits per heavy atom. The van der Waals surface area contributed by atoms with Crippen LogP contribution in [0.25, 0.3) is 0 Å². The Morgan fingerprint density at radius 3 is 2.60 bits per heavy atom. The molecule has 0 aliphatic rings. The van der Waals surface area contributed by atoms with Crippen molar-refractivity contribution in [1.82, 2.24) is 0 Å². The van der Waals surface area contributed by atoms with E-state index in [9.17, 15) is 10.1 Å². The lowest BCUT2D eigenvalue weighted by Crippen LogP contribution is -1.84. The lowest BCUT2D eigenvalue weighted by Gasteiger charge is -1.85. The first kappa shape index (κ1) is 7.30. The van der Waals surface area contributed by atoms with Gasteiger partial charge in [-0.3, -0.25) is 10.1 Å². The minimum atomic E-state index is -0.714. The molecule has 0 spiro atoms. The topological polar surface area (TPSA) is 63.4 Å². The average molecular weight is 180 g/mol. The standard InChI is InChI=1S/C4H2ClNO3S/c5-2-1-10-4(7)3(2)6(8)9/h1,7H. The third-order valence-electron chi connectivity index (χ3n) is 0.885. The van der Waals surface area contributed by atoms with E-state index in [1.807, 2.05) is 0 Å². The highest BCUT2D eigenvalue weighted by Gasteiger charge is 2.20. The molecule has 0 saturated carbocycles. The fourth-order valence-electron chi connectivity index (χ4n) is 0.487. The van der Waals surface area contributed by atoms with Gasteiger partial charge in [-0.25, -0.2) is 0 Å². The Morgan fingerprint density at radius 2 is 2.40 bits per heavy atom. The van der Waals surface area contributed by atoms with Crippen LogP contribution in [-0.2, 0) is 0 Å². The highest BCUT2D eigenvalue weighted by molar-refractivity contribution is 7.12. The van der Waals surface area contributed by atoms with E-state index in [-0.39, 0.29) is 10.1 Å². The van der Waals surface area contributed by atoms with E-state index in [1.165, 1.54) is 5.38 Å². The van der Waals surface area contributed by atoms with Gasteiger partial charge >= 0.3 is 5.69 Å². The van der Waals surface area contributed by atoms with Gasteiger partial charge in [0.15, 0.2) is 0 Å². The lowest BCUT2D eigenvalue weighted by atomic mass is 10.5. The van der Waals surface area contributed by atoms with Gasteiger partial charge in [0.1, 0.15) is 5.02 Å². The summed E-state index contributed by atoms with van der Waals surface area (Å²) in [6, 6.07) is 0. The van der Waals surface area contributed by atoms with Crippen LogP contribution in [0.2, 0.25) is 5.02 Å². The average Bonchev–Trinajstić information content (AvgIpc) is 2.11. The first-order valence-electron chi connectivity index (χ1n) is 2.23. The number of rotatable bonds is 1. The summed E-state index contributed by atoms with van der Waals surface area (Å²) in [5.41, 5.74) is -0.410. The molecule has 0 saturated heterocycles. The van der Waals surface area contributed by atoms with Crippen molar-refractivity contribution < 1.29 is 10.0 Å². The molecule has 0 aromatic carbocycles. The van der Waals surface area contributed by atoms with E-state index >= 15 is 0 Å². The van der Waals surface area contributed by atoms with Gasteiger partial charge in [0.2, 0.25) is 0 Å². The molecule has 10 heavy (non-hydrogen) atoms. The molecule has 1 aromatic heterocycles. The predicted octanol–water partition coefficient (Wildman–Crippen LogP) is 2.02. The summed E-state index contributed by atoms with van der Waals surface area (Å²) >= 11 is 6.19. The highest BCUT2D eigenvalue weighted by atomic mass is 35.5. The summed E-state index contributed by atoms with van der Waals surface area (Å²) in [5, 5.41) is 19.8. The Bertz CT molecular complexity index is 252. The fraction of sp³-hybridized carbons (Fsp3) is 0. The van der Waals surface area contributed by atoms with Gasteiger partial charge in [0, 0.05) is 5.38 Å². The second-order valence-electron chi connectivity index (χ2n) is 1.49. The van der Waals surface area contributed by atoms with Crippen molar-refractivity contribution in [2.24, 2.45) is 0 Å². The van der Waals surface area contributed by atoms with Gasteiger partial charge in [-0.05, 0) is 0 Å². The number of nitrogens with zero attached hydrogens (tertiary/aromatic N) is 1. The van der Waals surface area contributed by atoms with Crippen molar-refractivity contribution in [2.75, 3.05) is 0 Å². The molecule has 0 aliphatic heterocycles. The van der Waals surface area contributed by atoms with Crippen LogP contribution < -0.4 is 0 Å². The number of hydrogen-bond donors (Lipinski definition) is 1. The molecule has 0 radical (unpaired) electrons. The monoisotopic (exact) mass is 179 g/mol. The van der Waals surface area contributed by atoms with Gasteiger partial charge in [0.05, 0.1) is 4.92 Å². The van der Waals surface area contributed by atoms with Crippen LogP contribution in [0.3, 0.4) is 0 Å². The maximum Gasteiger partial charge on any atom is 0.340 e. The largest absolute Gasteiger partial charge is 0.495 e. The molecule has 0 fully saturated rings. The van der Waals surface area contributed by atoms with Gasteiger partial charge in [-0.2, -0.15) is 0 Å². The molecule has 54 valence electrons. The minimum absolute atomic E-state index is 0.0208. The molecule has 0 atom stereocenters. The predicted molar refractivity (Wildman–Crippen MR) is 37.6 cm³/mol. The van der Waals surface area contributed by atoms with Gasteiger partial charge in [0.25, 0.3) is 5.06 Å². The Kier molecular flexibility index (Phi) is 1.78. The molecule has 0 bridgehead atoms. The Balaban J connectivity index is 3.23. The van der Waals surface area contributed by atoms with E-state index in [2.05, 4.69) is 0 Å². The molecule has 1 N–H and O–H groups in total. The van der Waals surface area contributed by atoms with Crippen LogP contribution in [0, 0.1) is 10.1 Å². The van der Waals surface area contributed by atoms with E-state index in [0.29, 0.717) is 0 Å². The molecule has 1 heterocycles. The van der Waals surface area contributed by atoms with E-state index in [4.69, 9.17) is 16.7 Å². The van der Waals surface area contributed by atoms with Crippen molar-refractivity contribution in [3.8, 4) is 5.06 Å². The van der Waals surface area contributed by atoms with Crippen molar-refractivity contribution in [1.29, 1.82) is 0 Å². The lowest BCUT2D eigenvalue weighted by molar-refractivity contribution is -0.385. The summed E-state index contributed by atoms with van der Waals surface area (Å²) in [4.78, 5) is 9.36. The third kappa shape index (κ3) is 1.05. The molecular formula is C4H2ClNO3S. The molecule has 4 nitrogen and oxygen atoms in total. The van der Waals surface area contributed by atoms with E-state index in [1.54, 1.807) is 0 Å². The maximum atomic E-state index is 10.1. The molecule has 6 heteroatoms. The molecule has 0 aliphatic carbocycles. The molecule has 0 unspecified atom stereocenters. The molecule has 0 amide bonds. The SMILES string of the molecule is O=[N+]([O-])c1c(Cl)csc1O. The number of halogens is 1. The number of aromatic hydroxyl groups is 1. The van der Waals surface area contributed by atoms with Crippen LogP contribution in [-0.4, -0.2) is 10.0 Å². The molecular weight excluding hydrogens is 178 g/mol. The number of hydrogen-bond acceptors (Lipinski definition) is 4. The first-order chi connectivity index (χ1) is 4.63. The summed E-state index contributed by atoms with van der Waals surface area (Å²) in [6.07, 6.45) is 0. The van der Waals surface area contributed by atoms with Crippen molar-refractivity contribution >= 4 is 28.6 Å². The van der Waals surface area contributed by atoms with Gasteiger partial charge in [-0.15, -0.1) is 0 Å². The second kappa shape index (κ2) is 2.43. The maximum absolute atomic E-state index is 10.1. The van der Waals surface area contributed by atoms with Crippen LogP contribution in [0.4, 0.5) is 5.69 Å². The van der Waals surface area contributed by atoms with Crippen LogP contribution in [0.1, 0.15) is 0 Å². The Hall–Kier alpha value is -0.810. The Labute approximate surface area is 64.8 Å². The number of nitro groups is 1. The summed E-state index contributed by atoms with van der Waals surface area (Å²) < 4.78 is 0. The quantitative estimate of drug-likeness (QED) is 0.530. The van der Waals surface area contributed by atoms with Crippen molar-refractivity contribution in [2.45, 2.75) is 0 Å². The summed E-state index contributed by atoms with van der Waals surface area (Å²) in [5.74, 6) is 0. The first-order valence-corrected chi connectivity index (χ1v) is 3.49. The van der Waals surface area contributed by atoms with Crippen molar-refractivity contribution in [3.63, 3.8) is 0 Å². The number of thiophene rings is 1. The highest BCUT2D eigenvalue weighted by Crippen LogP contribution is 2.39. The van der Waals surface area contributed by atoms with E-state index < -0.39 is 10.6 Å². The zero-order valence-electron chi connectivity index (χ0n) is 4.57. The zero-order valence-corrected chi connectivity index (χ0v) is 6.15. The summed E-state index contributed by atoms with van der Waals surface area (Å²) in [6.45, 7) is 0. The zero-order chi connectivity index (χ0) is 7.72. The fourth-order valence-corrected chi connectivity index (χ4v) is 1.46. The van der Waals surface area contributed by atoms with Crippen molar-refractivity contribution in [3.05, 3.63) is 20.5 Å². The second-order valence-corrected chi connectivity index (χ2v) is 2.76. The van der Waals surface area contributed by atoms with Crippen LogP contribution in [0.15, 0.2) is 5.38 Å². The van der Waals surface area contributed by atoms with Gasteiger partial charge < -0.3 is 5.11 Å². The normalized spacial score (nSPS) is 9.70. The molecule has 1 rings (SSSR count). The van der Waals surface area contributed by atoms with E-state index in [0.717, 1.165) is 11.3 Å². The molecule has 1 aromatic rings. The summed E-state index contributed by atoms with van der Waals surface area (Å²) in [7, 11) is 0.